The van der Waals surface area contributed by atoms with Crippen molar-refractivity contribution in [1.29, 1.82) is 0 Å². The van der Waals surface area contributed by atoms with Gasteiger partial charge >= 0.3 is 5.97 Å². The Morgan fingerprint density at radius 1 is 1.23 bits per heavy atom. The third-order valence-corrected chi connectivity index (χ3v) is 3.85. The summed E-state index contributed by atoms with van der Waals surface area (Å²) in [4.78, 5) is 24.9. The van der Waals surface area contributed by atoms with Crippen LogP contribution in [0.1, 0.15) is 23.0 Å². The molecule has 0 aliphatic heterocycles. The minimum Gasteiger partial charge on any atom is -0.456 e. The number of hydrogen-bond acceptors (Lipinski definition) is 6. The summed E-state index contributed by atoms with van der Waals surface area (Å²) in [5.74, 6) is 0.451. The Balaban J connectivity index is 1.42. The summed E-state index contributed by atoms with van der Waals surface area (Å²) in [7, 11) is 0. The Kier molecular flexibility index (Phi) is 3.96. The molecule has 3 aromatic heterocycles. The number of aromatic nitrogens is 4. The van der Waals surface area contributed by atoms with Crippen molar-refractivity contribution in [2.75, 3.05) is 0 Å². The van der Waals surface area contributed by atoms with E-state index < -0.39 is 5.97 Å². The number of rotatable bonds is 4. The van der Waals surface area contributed by atoms with Crippen LogP contribution in [0.3, 0.4) is 0 Å². The number of esters is 1. The predicted molar refractivity (Wildman–Crippen MR) is 95.3 cm³/mol. The van der Waals surface area contributed by atoms with Crippen molar-refractivity contribution in [3.8, 4) is 0 Å². The summed E-state index contributed by atoms with van der Waals surface area (Å²) in [5.41, 5.74) is 3.96. The second-order valence-electron chi connectivity index (χ2n) is 5.90. The molecule has 130 valence electrons. The third kappa shape index (κ3) is 3.19. The van der Waals surface area contributed by atoms with Crippen LogP contribution in [0.5, 0.6) is 0 Å². The van der Waals surface area contributed by atoms with Gasteiger partial charge in [0.05, 0.1) is 5.69 Å². The standard InChI is InChI=1S/C19H16N4O3/c1-12-9-13(2)23-10-14(21-19(23)20-12)11-25-18(24)8-7-17-22-15-5-3-4-6-16(15)26-17/h3-10H,11H2,1-2H3/b8-7+. The number of fused-ring (bicyclic) bond motifs is 2. The first-order valence-electron chi connectivity index (χ1n) is 8.11. The lowest BCUT2D eigenvalue weighted by atomic mass is 10.3. The summed E-state index contributed by atoms with van der Waals surface area (Å²) in [6, 6.07) is 9.37. The van der Waals surface area contributed by atoms with Crippen molar-refractivity contribution < 1.29 is 13.9 Å². The number of oxazole rings is 1. The topological polar surface area (TPSA) is 82.5 Å². The quantitative estimate of drug-likeness (QED) is 0.416. The van der Waals surface area contributed by atoms with Crippen LogP contribution >= 0.6 is 0 Å². The van der Waals surface area contributed by atoms with Gasteiger partial charge in [0.1, 0.15) is 12.1 Å². The van der Waals surface area contributed by atoms with Gasteiger partial charge in [-0.2, -0.15) is 0 Å². The molecule has 7 heteroatoms. The molecule has 0 spiro atoms. The number of benzene rings is 1. The maximum Gasteiger partial charge on any atom is 0.331 e. The van der Waals surface area contributed by atoms with Crippen LogP contribution in [0, 0.1) is 13.8 Å². The minimum absolute atomic E-state index is 0.0680. The van der Waals surface area contributed by atoms with E-state index in [1.165, 1.54) is 12.2 Å². The molecular weight excluding hydrogens is 332 g/mol. The van der Waals surface area contributed by atoms with Crippen LogP contribution in [0.2, 0.25) is 0 Å². The second-order valence-corrected chi connectivity index (χ2v) is 5.90. The molecule has 0 saturated heterocycles. The maximum absolute atomic E-state index is 11.9. The molecular formula is C19H16N4O3. The van der Waals surface area contributed by atoms with Crippen LogP contribution in [0.25, 0.3) is 23.0 Å². The van der Waals surface area contributed by atoms with Crippen molar-refractivity contribution in [3.63, 3.8) is 0 Å². The number of imidazole rings is 1. The fraction of sp³-hybridized carbons (Fsp3) is 0.158. The van der Waals surface area contributed by atoms with Crippen molar-refractivity contribution in [1.82, 2.24) is 19.4 Å². The van der Waals surface area contributed by atoms with Crippen molar-refractivity contribution in [3.05, 3.63) is 65.6 Å². The first kappa shape index (κ1) is 16.0. The lowest BCUT2D eigenvalue weighted by Crippen LogP contribution is -2.00. The molecule has 7 nitrogen and oxygen atoms in total. The van der Waals surface area contributed by atoms with Crippen molar-refractivity contribution in [2.45, 2.75) is 20.5 Å². The lowest BCUT2D eigenvalue weighted by molar-refractivity contribution is -0.139. The highest BCUT2D eigenvalue weighted by atomic mass is 16.5. The first-order chi connectivity index (χ1) is 12.6. The first-order valence-corrected chi connectivity index (χ1v) is 8.11. The molecule has 0 aliphatic carbocycles. The molecule has 0 bridgehead atoms. The van der Waals surface area contributed by atoms with Gasteiger partial charge in [-0.1, -0.05) is 12.1 Å². The van der Waals surface area contributed by atoms with Gasteiger partial charge in [-0.3, -0.25) is 4.40 Å². The highest BCUT2D eigenvalue weighted by Gasteiger charge is 2.08. The van der Waals surface area contributed by atoms with Crippen LogP contribution in [-0.4, -0.2) is 25.3 Å². The second kappa shape index (κ2) is 6.44. The number of aryl methyl sites for hydroxylation is 2. The van der Waals surface area contributed by atoms with Crippen LogP contribution < -0.4 is 0 Å². The highest BCUT2D eigenvalue weighted by molar-refractivity contribution is 5.86. The largest absolute Gasteiger partial charge is 0.456 e. The summed E-state index contributed by atoms with van der Waals surface area (Å²) in [6.45, 7) is 3.96. The van der Waals surface area contributed by atoms with E-state index >= 15 is 0 Å². The van der Waals surface area contributed by atoms with Crippen LogP contribution in [0.15, 0.2) is 47.0 Å². The van der Waals surface area contributed by atoms with E-state index in [4.69, 9.17) is 9.15 Å². The highest BCUT2D eigenvalue weighted by Crippen LogP contribution is 2.15. The van der Waals surface area contributed by atoms with E-state index in [2.05, 4.69) is 15.0 Å². The zero-order chi connectivity index (χ0) is 18.1. The van der Waals surface area contributed by atoms with Gasteiger partial charge in [0.15, 0.2) is 5.58 Å². The Hall–Kier alpha value is -3.48. The summed E-state index contributed by atoms with van der Waals surface area (Å²) < 4.78 is 12.6. The average molecular weight is 348 g/mol. The maximum atomic E-state index is 11.9. The molecule has 1 aromatic carbocycles. The van der Waals surface area contributed by atoms with E-state index in [-0.39, 0.29) is 6.61 Å². The van der Waals surface area contributed by atoms with E-state index in [1.54, 1.807) is 0 Å². The number of carbonyl (C=O) groups excluding carboxylic acids is 1. The Labute approximate surface area is 149 Å². The fourth-order valence-electron chi connectivity index (χ4n) is 2.68. The number of ether oxygens (including phenoxy) is 1. The normalized spacial score (nSPS) is 11.6. The molecule has 0 N–H and O–H groups in total. The van der Waals surface area contributed by atoms with E-state index in [0.29, 0.717) is 22.9 Å². The van der Waals surface area contributed by atoms with E-state index in [1.807, 2.05) is 54.8 Å². The van der Waals surface area contributed by atoms with E-state index in [0.717, 1.165) is 16.9 Å². The van der Waals surface area contributed by atoms with Gasteiger partial charge in [0.25, 0.3) is 0 Å². The zero-order valence-corrected chi connectivity index (χ0v) is 14.3. The van der Waals surface area contributed by atoms with Gasteiger partial charge in [0, 0.05) is 29.7 Å². The van der Waals surface area contributed by atoms with Crippen molar-refractivity contribution in [2.24, 2.45) is 0 Å². The molecule has 0 aliphatic rings. The van der Waals surface area contributed by atoms with Gasteiger partial charge in [-0.15, -0.1) is 0 Å². The van der Waals surface area contributed by atoms with Gasteiger partial charge in [-0.25, -0.2) is 19.7 Å². The summed E-state index contributed by atoms with van der Waals surface area (Å²) in [5, 5.41) is 0. The van der Waals surface area contributed by atoms with Gasteiger partial charge in [0.2, 0.25) is 11.7 Å². The Bertz CT molecular complexity index is 1110. The molecule has 4 rings (SSSR count). The van der Waals surface area contributed by atoms with Gasteiger partial charge < -0.3 is 9.15 Å². The lowest BCUT2D eigenvalue weighted by Gasteiger charge is -1.99. The molecule has 0 fully saturated rings. The molecule has 0 unspecified atom stereocenters. The molecule has 3 heterocycles. The number of carbonyl (C=O) groups is 1. The molecule has 0 atom stereocenters. The fourth-order valence-corrected chi connectivity index (χ4v) is 2.68. The summed E-state index contributed by atoms with van der Waals surface area (Å²) >= 11 is 0. The zero-order valence-electron chi connectivity index (χ0n) is 14.3. The van der Waals surface area contributed by atoms with Crippen LogP contribution in [-0.2, 0) is 16.1 Å². The molecule has 0 amide bonds. The average Bonchev–Trinajstić information content (AvgIpc) is 3.21. The number of nitrogens with zero attached hydrogens (tertiary/aromatic N) is 4. The Morgan fingerprint density at radius 3 is 2.92 bits per heavy atom. The minimum atomic E-state index is -0.495. The monoisotopic (exact) mass is 348 g/mol. The Morgan fingerprint density at radius 2 is 2.08 bits per heavy atom. The third-order valence-electron chi connectivity index (χ3n) is 3.85. The molecule has 0 radical (unpaired) electrons. The predicted octanol–water partition coefficient (Wildman–Crippen LogP) is 3.24. The van der Waals surface area contributed by atoms with E-state index in [9.17, 15) is 4.79 Å². The number of hydrogen-bond donors (Lipinski definition) is 0. The molecule has 0 saturated carbocycles. The SMILES string of the molecule is Cc1cc(C)n2cc(COC(=O)/C=C/c3nc4ccccc4o3)nc2n1. The molecule has 26 heavy (non-hydrogen) atoms. The number of para-hydroxylation sites is 2. The summed E-state index contributed by atoms with van der Waals surface area (Å²) in [6.07, 6.45) is 4.59. The van der Waals surface area contributed by atoms with Crippen molar-refractivity contribution >= 4 is 28.9 Å². The van der Waals surface area contributed by atoms with Crippen LogP contribution in [0.4, 0.5) is 0 Å². The molecule has 4 aromatic rings. The van der Waals surface area contributed by atoms with Gasteiger partial charge in [-0.05, 0) is 32.0 Å². The smallest absolute Gasteiger partial charge is 0.331 e.